The second kappa shape index (κ2) is 3.72. The quantitative estimate of drug-likeness (QED) is 0.511. The van der Waals surface area contributed by atoms with Crippen molar-refractivity contribution in [1.29, 1.82) is 0 Å². The van der Waals surface area contributed by atoms with E-state index < -0.39 is 6.69 Å². The molecule has 0 amide bonds. The average molecular weight is 231 g/mol. The van der Waals surface area contributed by atoms with Gasteiger partial charge in [-0.05, 0) is 12.1 Å². The van der Waals surface area contributed by atoms with Crippen molar-refractivity contribution in [3.8, 4) is 0 Å². The fourth-order valence-corrected chi connectivity index (χ4v) is 4.77. The monoisotopic (exact) mass is 230 g/mol. The van der Waals surface area contributed by atoms with Gasteiger partial charge < -0.3 is 0 Å². The van der Waals surface area contributed by atoms with Gasteiger partial charge in [0.15, 0.2) is 0 Å². The standard InChI is InChI=1S/C9H15BrSi/c1-3-11(10,4-2)9-7-5-6-8-9/h5-9H,3-4H2,1-2H3. The third-order valence-electron chi connectivity index (χ3n) is 2.52. The minimum Gasteiger partial charge on any atom is -0.125 e. The minimum atomic E-state index is -1.13. The lowest BCUT2D eigenvalue weighted by atomic mass is 10.5. The number of hydrogen-bond acceptors (Lipinski definition) is 0. The molecule has 1 aliphatic carbocycles. The zero-order chi connectivity index (χ0) is 8.32. The summed E-state index contributed by atoms with van der Waals surface area (Å²) < 4.78 is 0. The van der Waals surface area contributed by atoms with E-state index in [9.17, 15) is 0 Å². The Labute approximate surface area is 78.0 Å². The fraction of sp³-hybridized carbons (Fsp3) is 0.556. The summed E-state index contributed by atoms with van der Waals surface area (Å²) in [4.78, 5) is 0. The number of rotatable bonds is 3. The molecule has 0 atom stereocenters. The van der Waals surface area contributed by atoms with Crippen LogP contribution in [0.2, 0.25) is 17.6 Å². The summed E-state index contributed by atoms with van der Waals surface area (Å²) >= 11 is 3.95. The Hall–Kier alpha value is 0.177. The molecule has 0 aromatic rings. The highest BCUT2D eigenvalue weighted by Crippen LogP contribution is 2.38. The average Bonchev–Trinajstić information content (AvgIpc) is 2.55. The molecule has 0 aromatic carbocycles. The van der Waals surface area contributed by atoms with Crippen molar-refractivity contribution in [2.75, 3.05) is 0 Å². The van der Waals surface area contributed by atoms with Crippen LogP contribution in [0.25, 0.3) is 0 Å². The maximum atomic E-state index is 3.95. The van der Waals surface area contributed by atoms with E-state index in [4.69, 9.17) is 0 Å². The van der Waals surface area contributed by atoms with Gasteiger partial charge in [0.05, 0.1) is 0 Å². The molecule has 0 saturated carbocycles. The summed E-state index contributed by atoms with van der Waals surface area (Å²) in [5, 5.41) is 0. The lowest BCUT2D eigenvalue weighted by Crippen LogP contribution is -2.28. The molecule has 0 fully saturated rings. The summed E-state index contributed by atoms with van der Waals surface area (Å²) in [5.41, 5.74) is 0.734. The summed E-state index contributed by atoms with van der Waals surface area (Å²) in [6.07, 6.45) is 8.99. The van der Waals surface area contributed by atoms with Gasteiger partial charge in [0, 0.05) is 5.54 Å². The third-order valence-corrected chi connectivity index (χ3v) is 11.4. The largest absolute Gasteiger partial charge is 0.140 e. The van der Waals surface area contributed by atoms with E-state index in [0.717, 1.165) is 5.54 Å². The van der Waals surface area contributed by atoms with Crippen molar-refractivity contribution in [3.05, 3.63) is 24.3 Å². The molecule has 0 nitrogen and oxygen atoms in total. The topological polar surface area (TPSA) is 0 Å². The van der Waals surface area contributed by atoms with E-state index in [1.165, 1.54) is 12.1 Å². The second-order valence-corrected chi connectivity index (χ2v) is 11.9. The van der Waals surface area contributed by atoms with E-state index >= 15 is 0 Å². The molecule has 11 heavy (non-hydrogen) atoms. The lowest BCUT2D eigenvalue weighted by molar-refractivity contribution is 1.19. The van der Waals surface area contributed by atoms with E-state index in [-0.39, 0.29) is 0 Å². The lowest BCUT2D eigenvalue weighted by Gasteiger charge is -2.26. The molecule has 0 aromatic heterocycles. The predicted molar refractivity (Wildman–Crippen MR) is 57.7 cm³/mol. The third kappa shape index (κ3) is 1.85. The van der Waals surface area contributed by atoms with Crippen molar-refractivity contribution >= 4 is 22.0 Å². The van der Waals surface area contributed by atoms with E-state index in [1.807, 2.05) is 0 Å². The fourth-order valence-electron chi connectivity index (χ4n) is 1.50. The van der Waals surface area contributed by atoms with Gasteiger partial charge in [0.2, 0.25) is 0 Å². The molecule has 0 radical (unpaired) electrons. The molecule has 0 aliphatic heterocycles. The SMILES string of the molecule is CC[Si](Br)(CC)C1C=CC=C1. The first-order valence-electron chi connectivity index (χ1n) is 4.27. The maximum absolute atomic E-state index is 3.95. The van der Waals surface area contributed by atoms with Crippen molar-refractivity contribution in [1.82, 2.24) is 0 Å². The Morgan fingerprint density at radius 2 is 1.64 bits per heavy atom. The summed E-state index contributed by atoms with van der Waals surface area (Å²) in [6, 6.07) is 2.64. The number of allylic oxidation sites excluding steroid dienone is 4. The van der Waals surface area contributed by atoms with Gasteiger partial charge in [-0.3, -0.25) is 0 Å². The van der Waals surface area contributed by atoms with Crippen molar-refractivity contribution in [2.24, 2.45) is 0 Å². The van der Waals surface area contributed by atoms with Crippen LogP contribution in [0.15, 0.2) is 24.3 Å². The molecule has 0 N–H and O–H groups in total. The molecule has 2 heteroatoms. The van der Waals surface area contributed by atoms with Gasteiger partial charge in [0.1, 0.15) is 6.69 Å². The van der Waals surface area contributed by atoms with E-state index in [1.54, 1.807) is 0 Å². The van der Waals surface area contributed by atoms with Crippen LogP contribution in [0, 0.1) is 0 Å². The molecule has 0 unspecified atom stereocenters. The number of hydrogen-bond donors (Lipinski definition) is 0. The van der Waals surface area contributed by atoms with Gasteiger partial charge >= 0.3 is 0 Å². The van der Waals surface area contributed by atoms with Crippen LogP contribution in [0.1, 0.15) is 13.8 Å². The van der Waals surface area contributed by atoms with E-state index in [2.05, 4.69) is 53.4 Å². The molecule has 1 aliphatic rings. The molecule has 0 spiro atoms. The Morgan fingerprint density at radius 1 is 1.18 bits per heavy atom. The first kappa shape index (κ1) is 9.27. The van der Waals surface area contributed by atoms with Crippen molar-refractivity contribution < 1.29 is 0 Å². The van der Waals surface area contributed by atoms with Crippen molar-refractivity contribution in [3.63, 3.8) is 0 Å². The normalized spacial score (nSPS) is 18.1. The van der Waals surface area contributed by atoms with Gasteiger partial charge in [-0.15, -0.1) is 15.3 Å². The Bertz CT molecular complexity index is 168. The second-order valence-electron chi connectivity index (χ2n) is 3.04. The molecular weight excluding hydrogens is 216 g/mol. The highest BCUT2D eigenvalue weighted by molar-refractivity contribution is 9.26. The van der Waals surface area contributed by atoms with Crippen LogP contribution >= 0.6 is 15.3 Å². The van der Waals surface area contributed by atoms with Crippen LogP contribution < -0.4 is 0 Å². The molecule has 0 saturated heterocycles. The summed E-state index contributed by atoms with van der Waals surface area (Å²) in [7, 11) is 0. The van der Waals surface area contributed by atoms with Gasteiger partial charge in [-0.2, -0.15) is 0 Å². The summed E-state index contributed by atoms with van der Waals surface area (Å²) in [6.45, 7) is 3.47. The smallest absolute Gasteiger partial charge is 0.125 e. The first-order valence-corrected chi connectivity index (χ1v) is 9.01. The highest BCUT2D eigenvalue weighted by atomic mass is 79.9. The highest BCUT2D eigenvalue weighted by Gasteiger charge is 2.33. The zero-order valence-electron chi connectivity index (χ0n) is 7.18. The molecule has 0 heterocycles. The molecule has 62 valence electrons. The summed E-state index contributed by atoms with van der Waals surface area (Å²) in [5.74, 6) is 0. The molecule has 0 bridgehead atoms. The maximum Gasteiger partial charge on any atom is 0.140 e. The van der Waals surface area contributed by atoms with Gasteiger partial charge in [-0.1, -0.05) is 38.2 Å². The molecule has 1 rings (SSSR count). The zero-order valence-corrected chi connectivity index (χ0v) is 9.76. The van der Waals surface area contributed by atoms with Crippen LogP contribution in [0.3, 0.4) is 0 Å². The van der Waals surface area contributed by atoms with Crippen LogP contribution in [0.4, 0.5) is 0 Å². The van der Waals surface area contributed by atoms with Crippen LogP contribution in [-0.4, -0.2) is 6.69 Å². The Kier molecular flexibility index (Phi) is 3.13. The first-order chi connectivity index (χ1) is 5.23. The van der Waals surface area contributed by atoms with Gasteiger partial charge in [0.25, 0.3) is 0 Å². The van der Waals surface area contributed by atoms with Crippen LogP contribution in [-0.2, 0) is 0 Å². The minimum absolute atomic E-state index is 0.734. The number of halogens is 1. The van der Waals surface area contributed by atoms with Gasteiger partial charge in [-0.25, -0.2) is 0 Å². The van der Waals surface area contributed by atoms with Crippen molar-refractivity contribution in [2.45, 2.75) is 31.5 Å². The van der Waals surface area contributed by atoms with Crippen LogP contribution in [0.5, 0.6) is 0 Å². The molecular formula is C9H15BrSi. The Morgan fingerprint density at radius 3 is 2.00 bits per heavy atom. The van der Waals surface area contributed by atoms with E-state index in [0.29, 0.717) is 0 Å². The Balaban J connectivity index is 2.68. The predicted octanol–water partition coefficient (Wildman–Crippen LogP) is 3.86.